The maximum Gasteiger partial charge on any atom is 0.512 e. The molecule has 0 radical (unpaired) electrons. The summed E-state index contributed by atoms with van der Waals surface area (Å²) in [5.74, 6) is -0.286. The first-order valence-electron chi connectivity index (χ1n) is 6.97. The first-order valence-corrected chi connectivity index (χ1v) is 8.34. The molecule has 1 atom stereocenters. The molecule has 0 saturated heterocycles. The summed E-state index contributed by atoms with van der Waals surface area (Å²) >= 11 is 0. The van der Waals surface area contributed by atoms with E-state index in [0.29, 0.717) is 11.7 Å². The summed E-state index contributed by atoms with van der Waals surface area (Å²) in [6, 6.07) is 7.08. The van der Waals surface area contributed by atoms with Gasteiger partial charge in [0.15, 0.2) is 0 Å². The first-order chi connectivity index (χ1) is 9.69. The number of hydrogen-bond acceptors (Lipinski definition) is 4. The van der Waals surface area contributed by atoms with Gasteiger partial charge >= 0.3 is 14.0 Å². The van der Waals surface area contributed by atoms with Gasteiger partial charge in [-0.05, 0) is 42.4 Å². The Hall–Kier alpha value is -1.25. The number of carbonyl (C=O) groups is 1. The molecule has 1 aliphatic carbocycles. The smallest absolute Gasteiger partial charge is 0.459 e. The fourth-order valence-electron chi connectivity index (χ4n) is 2.41. The summed E-state index contributed by atoms with van der Waals surface area (Å²) in [6.45, 7) is 0. The van der Waals surface area contributed by atoms with Crippen LogP contribution in [0.1, 0.15) is 48.0 Å². The molecule has 1 unspecified atom stereocenters. The molecule has 0 N–H and O–H groups in total. The number of benzene rings is 1. The zero-order chi connectivity index (χ0) is 14.4. The lowest BCUT2D eigenvalue weighted by molar-refractivity contribution is 0.0211. The fourth-order valence-corrected chi connectivity index (χ4v) is 3.04. The second-order valence-electron chi connectivity index (χ2n) is 5.04. The molecule has 4 nitrogen and oxygen atoms in total. The van der Waals surface area contributed by atoms with Gasteiger partial charge in [-0.1, -0.05) is 18.6 Å². The van der Waals surface area contributed by atoms with E-state index in [0.717, 1.165) is 31.2 Å². The van der Waals surface area contributed by atoms with Gasteiger partial charge in [-0.3, -0.25) is 0 Å². The number of rotatable bonds is 5. The minimum atomic E-state index is -1.70. The van der Waals surface area contributed by atoms with Crippen LogP contribution in [0.5, 0.6) is 0 Å². The molecular weight excluding hydrogens is 275 g/mol. The maximum absolute atomic E-state index is 12.1. The average Bonchev–Trinajstić information content (AvgIpc) is 2.48. The predicted octanol–water partition coefficient (Wildman–Crippen LogP) is 4.06. The summed E-state index contributed by atoms with van der Waals surface area (Å²) < 4.78 is 21.7. The van der Waals surface area contributed by atoms with E-state index < -0.39 is 8.03 Å². The van der Waals surface area contributed by atoms with Gasteiger partial charge in [0.1, 0.15) is 6.10 Å². The van der Waals surface area contributed by atoms with Crippen LogP contribution in [-0.2, 0) is 20.0 Å². The average molecular weight is 295 g/mol. The van der Waals surface area contributed by atoms with E-state index in [9.17, 15) is 9.36 Å². The van der Waals surface area contributed by atoms with Gasteiger partial charge in [-0.15, -0.1) is 4.52 Å². The van der Waals surface area contributed by atoms with Gasteiger partial charge in [0.2, 0.25) is 6.16 Å². The van der Waals surface area contributed by atoms with Gasteiger partial charge in [0, 0.05) is 5.56 Å². The predicted molar refractivity (Wildman–Crippen MR) is 77.1 cm³/mol. The third kappa shape index (κ3) is 4.39. The molecule has 1 fully saturated rings. The molecule has 1 aromatic carbocycles. The largest absolute Gasteiger partial charge is 0.512 e. The molecule has 0 aliphatic heterocycles. The molecule has 108 valence electrons. The number of esters is 1. The van der Waals surface area contributed by atoms with Crippen molar-refractivity contribution in [3.05, 3.63) is 35.4 Å². The highest BCUT2D eigenvalue weighted by Gasteiger charge is 2.20. The van der Waals surface area contributed by atoms with E-state index >= 15 is 0 Å². The summed E-state index contributed by atoms with van der Waals surface area (Å²) in [5.41, 5.74) is 1.35. The lowest BCUT2D eigenvalue weighted by Gasteiger charge is -2.21. The number of ether oxygens (including phenoxy) is 1. The molecule has 0 aromatic heterocycles. The van der Waals surface area contributed by atoms with Crippen molar-refractivity contribution in [2.45, 2.75) is 44.4 Å². The molecule has 1 saturated carbocycles. The Labute approximate surface area is 120 Å². The standard InChI is InChI=1S/C15H20O4P/c1-18-20(17)11-12-6-5-7-13(10-12)15(16)19-14-8-3-2-4-9-14/h5-7,10,14H,2-4,8-9,11H2,1H3/q+1. The van der Waals surface area contributed by atoms with Crippen molar-refractivity contribution in [2.24, 2.45) is 0 Å². The Kier molecular flexibility index (Phi) is 5.69. The zero-order valence-corrected chi connectivity index (χ0v) is 12.6. The Balaban J connectivity index is 1.98. The van der Waals surface area contributed by atoms with Crippen molar-refractivity contribution in [3.8, 4) is 0 Å². The Morgan fingerprint density at radius 1 is 1.30 bits per heavy atom. The second kappa shape index (κ2) is 7.51. The highest BCUT2D eigenvalue weighted by molar-refractivity contribution is 7.38. The van der Waals surface area contributed by atoms with E-state index in [2.05, 4.69) is 0 Å². The van der Waals surface area contributed by atoms with E-state index in [-0.39, 0.29) is 12.1 Å². The van der Waals surface area contributed by atoms with Crippen LogP contribution in [0, 0.1) is 0 Å². The van der Waals surface area contributed by atoms with Gasteiger partial charge in [-0.2, -0.15) is 0 Å². The molecule has 20 heavy (non-hydrogen) atoms. The van der Waals surface area contributed by atoms with Crippen LogP contribution >= 0.6 is 8.03 Å². The third-order valence-corrected chi connectivity index (χ3v) is 4.53. The van der Waals surface area contributed by atoms with Crippen LogP contribution in [0.25, 0.3) is 0 Å². The van der Waals surface area contributed by atoms with Crippen LogP contribution in [0.2, 0.25) is 0 Å². The zero-order valence-electron chi connectivity index (χ0n) is 11.7. The first kappa shape index (κ1) is 15.1. The van der Waals surface area contributed by atoms with Gasteiger partial charge in [-0.25, -0.2) is 4.79 Å². The molecule has 1 aliphatic rings. The lowest BCUT2D eigenvalue weighted by Crippen LogP contribution is -2.20. The van der Waals surface area contributed by atoms with Crippen molar-refractivity contribution in [2.75, 3.05) is 7.11 Å². The second-order valence-corrected chi connectivity index (χ2v) is 6.39. The molecule has 0 amide bonds. The van der Waals surface area contributed by atoms with Crippen LogP contribution in [0.3, 0.4) is 0 Å². The summed E-state index contributed by atoms with van der Waals surface area (Å²) in [6.07, 6.45) is 5.78. The summed E-state index contributed by atoms with van der Waals surface area (Å²) in [5, 5.41) is 0. The van der Waals surface area contributed by atoms with E-state index in [1.807, 2.05) is 6.07 Å². The molecule has 0 spiro atoms. The quantitative estimate of drug-likeness (QED) is 0.607. The van der Waals surface area contributed by atoms with Crippen LogP contribution in [-0.4, -0.2) is 19.2 Å². The van der Waals surface area contributed by atoms with Crippen LogP contribution in [0.15, 0.2) is 24.3 Å². The van der Waals surface area contributed by atoms with Gasteiger partial charge in [0.05, 0.1) is 12.7 Å². The Morgan fingerprint density at radius 3 is 2.75 bits per heavy atom. The Bertz CT molecular complexity index is 481. The molecule has 0 heterocycles. The van der Waals surface area contributed by atoms with E-state index in [4.69, 9.17) is 9.26 Å². The molecule has 5 heteroatoms. The van der Waals surface area contributed by atoms with Gasteiger partial charge < -0.3 is 4.74 Å². The minimum absolute atomic E-state index is 0.0514. The van der Waals surface area contributed by atoms with Crippen LogP contribution in [0.4, 0.5) is 0 Å². The maximum atomic E-state index is 12.1. The Morgan fingerprint density at radius 2 is 2.05 bits per heavy atom. The van der Waals surface area contributed by atoms with Crippen molar-refractivity contribution in [3.63, 3.8) is 0 Å². The minimum Gasteiger partial charge on any atom is -0.459 e. The third-order valence-electron chi connectivity index (χ3n) is 3.50. The van der Waals surface area contributed by atoms with Crippen LogP contribution < -0.4 is 0 Å². The van der Waals surface area contributed by atoms with Crippen molar-refractivity contribution < 1.29 is 18.6 Å². The number of hydrogen-bond donors (Lipinski definition) is 0. The normalized spacial score (nSPS) is 16.8. The van der Waals surface area contributed by atoms with E-state index in [1.165, 1.54) is 13.5 Å². The summed E-state index contributed by atoms with van der Waals surface area (Å²) in [4.78, 5) is 12.1. The van der Waals surface area contributed by atoms with Crippen molar-refractivity contribution in [1.82, 2.24) is 0 Å². The number of carbonyl (C=O) groups excluding carboxylic acids is 1. The van der Waals surface area contributed by atoms with E-state index in [1.54, 1.807) is 18.2 Å². The monoisotopic (exact) mass is 295 g/mol. The highest BCUT2D eigenvalue weighted by atomic mass is 31.1. The molecule has 2 rings (SSSR count). The summed E-state index contributed by atoms with van der Waals surface area (Å²) in [7, 11) is -0.288. The molecule has 0 bridgehead atoms. The molecule has 1 aromatic rings. The topological polar surface area (TPSA) is 52.6 Å². The SMILES string of the molecule is CO[P+](=O)Cc1cccc(C(=O)OC2CCCCC2)c1. The van der Waals surface area contributed by atoms with Crippen molar-refractivity contribution >= 4 is 14.0 Å². The highest BCUT2D eigenvalue weighted by Crippen LogP contribution is 2.27. The van der Waals surface area contributed by atoms with Gasteiger partial charge in [0.25, 0.3) is 0 Å². The lowest BCUT2D eigenvalue weighted by atomic mass is 9.98. The van der Waals surface area contributed by atoms with Crippen molar-refractivity contribution in [1.29, 1.82) is 0 Å². The fraction of sp³-hybridized carbons (Fsp3) is 0.533. The molecular formula is C15H20O4P+.